The third-order valence-electron chi connectivity index (χ3n) is 3.31. The van der Waals surface area contributed by atoms with E-state index in [0.717, 1.165) is 32.8 Å². The van der Waals surface area contributed by atoms with Gasteiger partial charge in [0.05, 0.1) is 13.7 Å². The number of thioether (sulfide) groups is 1. The van der Waals surface area contributed by atoms with Crippen molar-refractivity contribution in [2.45, 2.75) is 17.5 Å². The van der Waals surface area contributed by atoms with Gasteiger partial charge in [-0.2, -0.15) is 0 Å². The Hall–Kier alpha value is -2.05. The summed E-state index contributed by atoms with van der Waals surface area (Å²) >= 11 is 7.74. The number of rotatable bonds is 6. The van der Waals surface area contributed by atoms with Crippen LogP contribution in [0.4, 0.5) is 0 Å². The van der Waals surface area contributed by atoms with Gasteiger partial charge in [-0.3, -0.25) is 0 Å². The van der Waals surface area contributed by atoms with Gasteiger partial charge < -0.3 is 4.74 Å². The molecule has 5 nitrogen and oxygen atoms in total. The Kier molecular flexibility index (Phi) is 5.15. The molecule has 0 amide bonds. The van der Waals surface area contributed by atoms with Crippen LogP contribution in [0.5, 0.6) is 5.75 Å². The molecule has 0 fully saturated rings. The largest absolute Gasteiger partial charge is 0.497 e. The molecule has 118 valence electrons. The molecule has 0 aliphatic heterocycles. The predicted molar refractivity (Wildman–Crippen MR) is 90.9 cm³/mol. The summed E-state index contributed by atoms with van der Waals surface area (Å²) in [7, 11) is 1.65. The van der Waals surface area contributed by atoms with E-state index in [1.165, 1.54) is 0 Å². The number of hydrogen-bond acceptors (Lipinski definition) is 5. The van der Waals surface area contributed by atoms with E-state index in [0.29, 0.717) is 6.54 Å². The minimum atomic E-state index is 0.613. The maximum atomic E-state index is 6.18. The average molecular weight is 347 g/mol. The molecule has 0 saturated carbocycles. The second-order valence-electron chi connectivity index (χ2n) is 4.85. The van der Waals surface area contributed by atoms with Gasteiger partial charge in [0.1, 0.15) is 5.75 Å². The number of nitrogens with zero attached hydrogens (tertiary/aromatic N) is 4. The van der Waals surface area contributed by atoms with Gasteiger partial charge >= 0.3 is 0 Å². The van der Waals surface area contributed by atoms with Crippen molar-refractivity contribution in [2.24, 2.45) is 0 Å². The van der Waals surface area contributed by atoms with Crippen LogP contribution in [0.3, 0.4) is 0 Å². The van der Waals surface area contributed by atoms with Gasteiger partial charge in [-0.25, -0.2) is 4.68 Å². The molecule has 7 heteroatoms. The van der Waals surface area contributed by atoms with E-state index in [-0.39, 0.29) is 0 Å². The van der Waals surface area contributed by atoms with Crippen molar-refractivity contribution in [3.63, 3.8) is 0 Å². The summed E-state index contributed by atoms with van der Waals surface area (Å²) in [4.78, 5) is 0. The zero-order valence-corrected chi connectivity index (χ0v) is 14.1. The highest BCUT2D eigenvalue weighted by Gasteiger charge is 2.09. The van der Waals surface area contributed by atoms with Crippen LogP contribution in [0.1, 0.15) is 11.1 Å². The lowest BCUT2D eigenvalue weighted by Crippen LogP contribution is -2.04. The van der Waals surface area contributed by atoms with Crippen molar-refractivity contribution < 1.29 is 4.74 Å². The van der Waals surface area contributed by atoms with E-state index in [2.05, 4.69) is 15.5 Å². The van der Waals surface area contributed by atoms with Crippen molar-refractivity contribution in [1.82, 2.24) is 20.2 Å². The molecule has 0 radical (unpaired) electrons. The van der Waals surface area contributed by atoms with Gasteiger partial charge in [0.25, 0.3) is 0 Å². The monoisotopic (exact) mass is 346 g/mol. The fourth-order valence-corrected chi connectivity index (χ4v) is 3.22. The maximum absolute atomic E-state index is 6.18. The van der Waals surface area contributed by atoms with Gasteiger partial charge in [-0.15, -0.1) is 5.10 Å². The molecule has 2 aromatic carbocycles. The van der Waals surface area contributed by atoms with Crippen LogP contribution in [0, 0.1) is 0 Å². The van der Waals surface area contributed by atoms with Crippen LogP contribution < -0.4 is 4.74 Å². The van der Waals surface area contributed by atoms with Crippen molar-refractivity contribution in [2.75, 3.05) is 7.11 Å². The third-order valence-corrected chi connectivity index (χ3v) is 4.68. The highest BCUT2D eigenvalue weighted by molar-refractivity contribution is 7.98. The minimum Gasteiger partial charge on any atom is -0.497 e. The summed E-state index contributed by atoms with van der Waals surface area (Å²) in [6, 6.07) is 15.6. The Balaban J connectivity index is 1.68. The number of aromatic nitrogens is 4. The summed E-state index contributed by atoms with van der Waals surface area (Å²) in [5.41, 5.74) is 2.18. The molecule has 1 aromatic heterocycles. The van der Waals surface area contributed by atoms with Crippen molar-refractivity contribution in [1.29, 1.82) is 0 Å². The molecule has 0 aliphatic rings. The number of ether oxygens (including phenoxy) is 1. The van der Waals surface area contributed by atoms with Crippen LogP contribution in [0.25, 0.3) is 0 Å². The molecule has 0 saturated heterocycles. The van der Waals surface area contributed by atoms with Gasteiger partial charge in [-0.1, -0.05) is 53.7 Å². The third kappa shape index (κ3) is 4.03. The van der Waals surface area contributed by atoms with Gasteiger partial charge in [-0.05, 0) is 39.8 Å². The summed E-state index contributed by atoms with van der Waals surface area (Å²) in [5, 5.41) is 13.4. The Labute approximate surface area is 143 Å². The van der Waals surface area contributed by atoms with Gasteiger partial charge in [0, 0.05) is 10.8 Å². The molecule has 0 bridgehead atoms. The molecule has 0 aliphatic carbocycles. The highest BCUT2D eigenvalue weighted by atomic mass is 35.5. The number of hydrogen-bond donors (Lipinski definition) is 0. The van der Waals surface area contributed by atoms with E-state index in [1.54, 1.807) is 23.6 Å². The van der Waals surface area contributed by atoms with E-state index >= 15 is 0 Å². The summed E-state index contributed by atoms with van der Waals surface area (Å²) < 4.78 is 6.94. The lowest BCUT2D eigenvalue weighted by Gasteiger charge is -2.06. The number of methoxy groups -OCH3 is 1. The Morgan fingerprint density at radius 2 is 1.91 bits per heavy atom. The first kappa shape index (κ1) is 15.8. The van der Waals surface area contributed by atoms with Gasteiger partial charge in [0.2, 0.25) is 5.16 Å². The average Bonchev–Trinajstić information content (AvgIpc) is 3.02. The van der Waals surface area contributed by atoms with E-state index in [9.17, 15) is 0 Å². The molecule has 3 rings (SSSR count). The van der Waals surface area contributed by atoms with E-state index < -0.39 is 0 Å². The number of benzene rings is 2. The van der Waals surface area contributed by atoms with Crippen molar-refractivity contribution in [3.05, 3.63) is 64.7 Å². The quantitative estimate of drug-likeness (QED) is 0.637. The van der Waals surface area contributed by atoms with Crippen LogP contribution in [-0.4, -0.2) is 27.3 Å². The Morgan fingerprint density at radius 1 is 1.13 bits per heavy atom. The second kappa shape index (κ2) is 7.48. The van der Waals surface area contributed by atoms with Crippen LogP contribution in [-0.2, 0) is 12.3 Å². The normalized spacial score (nSPS) is 10.7. The van der Waals surface area contributed by atoms with Crippen LogP contribution >= 0.6 is 23.4 Å². The minimum absolute atomic E-state index is 0.613. The zero-order chi connectivity index (χ0) is 16.1. The van der Waals surface area contributed by atoms with E-state index in [1.807, 2.05) is 48.5 Å². The topological polar surface area (TPSA) is 52.8 Å². The smallest absolute Gasteiger partial charge is 0.209 e. The first-order chi connectivity index (χ1) is 11.3. The lowest BCUT2D eigenvalue weighted by atomic mass is 10.2. The molecule has 1 heterocycles. The summed E-state index contributed by atoms with van der Waals surface area (Å²) in [5.74, 6) is 1.56. The zero-order valence-electron chi connectivity index (χ0n) is 12.5. The van der Waals surface area contributed by atoms with Crippen LogP contribution in [0.15, 0.2) is 53.7 Å². The Bertz CT molecular complexity index is 776. The van der Waals surface area contributed by atoms with Crippen LogP contribution in [0.2, 0.25) is 5.02 Å². The maximum Gasteiger partial charge on any atom is 0.209 e. The molecule has 3 aromatic rings. The van der Waals surface area contributed by atoms with Gasteiger partial charge in [0.15, 0.2) is 0 Å². The molecule has 23 heavy (non-hydrogen) atoms. The summed E-state index contributed by atoms with van der Waals surface area (Å²) in [6.45, 7) is 0.613. The predicted octanol–water partition coefficient (Wildman–Crippen LogP) is 3.68. The first-order valence-electron chi connectivity index (χ1n) is 7.01. The number of halogens is 1. The Morgan fingerprint density at radius 3 is 2.65 bits per heavy atom. The fourth-order valence-electron chi connectivity index (χ4n) is 2.06. The molecule has 0 unspecified atom stereocenters. The SMILES string of the molecule is COc1ccc(Cn2nnnc2SCc2ccccc2Cl)cc1. The first-order valence-corrected chi connectivity index (χ1v) is 8.38. The fraction of sp³-hybridized carbons (Fsp3) is 0.188. The van der Waals surface area contributed by atoms with Crippen molar-refractivity contribution >= 4 is 23.4 Å². The molecule has 0 spiro atoms. The molecule has 0 N–H and O–H groups in total. The second-order valence-corrected chi connectivity index (χ2v) is 6.20. The standard InChI is InChI=1S/C16H15ClN4OS/c1-22-14-8-6-12(7-9-14)10-21-16(18-19-20-21)23-11-13-4-2-3-5-15(13)17/h2-9H,10-11H2,1H3. The highest BCUT2D eigenvalue weighted by Crippen LogP contribution is 2.25. The lowest BCUT2D eigenvalue weighted by molar-refractivity contribution is 0.414. The molecule has 0 atom stereocenters. The number of tetrazole rings is 1. The molecular weight excluding hydrogens is 332 g/mol. The van der Waals surface area contributed by atoms with E-state index in [4.69, 9.17) is 16.3 Å². The molecular formula is C16H15ClN4OS. The van der Waals surface area contributed by atoms with Crippen molar-refractivity contribution in [3.8, 4) is 5.75 Å². The summed E-state index contributed by atoms with van der Waals surface area (Å²) in [6.07, 6.45) is 0.